The fourth-order valence-electron chi connectivity index (χ4n) is 2.43. The van der Waals surface area contributed by atoms with Gasteiger partial charge in [0.25, 0.3) is 0 Å². The number of amides is 1. The van der Waals surface area contributed by atoms with E-state index in [-0.39, 0.29) is 18.1 Å². The largest absolute Gasteiger partial charge is 0.393 e. The van der Waals surface area contributed by atoms with E-state index in [1.165, 1.54) is 0 Å². The molecule has 4 heteroatoms. The third-order valence-electron chi connectivity index (χ3n) is 3.95. The van der Waals surface area contributed by atoms with E-state index < -0.39 is 5.54 Å². The summed E-state index contributed by atoms with van der Waals surface area (Å²) >= 11 is 0. The highest BCUT2D eigenvalue weighted by atomic mass is 16.3. The van der Waals surface area contributed by atoms with Crippen molar-refractivity contribution in [1.29, 1.82) is 0 Å². The third kappa shape index (κ3) is 2.55. The van der Waals surface area contributed by atoms with Gasteiger partial charge in [0.05, 0.1) is 11.6 Å². The number of aliphatic hydroxyl groups excluding tert-OH is 1. The van der Waals surface area contributed by atoms with Gasteiger partial charge in [-0.05, 0) is 51.4 Å². The molecule has 2 aliphatic carbocycles. The number of nitrogens with one attached hydrogen (secondary N) is 1. The Labute approximate surface area is 96.6 Å². The maximum absolute atomic E-state index is 12.0. The van der Waals surface area contributed by atoms with Crippen molar-refractivity contribution >= 4 is 5.91 Å². The molecule has 2 aliphatic rings. The first-order chi connectivity index (χ1) is 7.50. The molecular formula is C12H22N2O2. The number of carbonyl (C=O) groups is 1. The molecule has 0 aromatic carbocycles. The predicted molar refractivity (Wildman–Crippen MR) is 61.7 cm³/mol. The van der Waals surface area contributed by atoms with E-state index in [9.17, 15) is 9.90 Å². The predicted octanol–water partition coefficient (Wildman–Crippen LogP) is 0.533. The fourth-order valence-corrected chi connectivity index (χ4v) is 2.43. The Balaban J connectivity index is 1.82. The molecule has 0 spiro atoms. The van der Waals surface area contributed by atoms with Gasteiger partial charge < -0.3 is 16.2 Å². The van der Waals surface area contributed by atoms with Gasteiger partial charge in [0, 0.05) is 6.04 Å². The molecule has 0 saturated heterocycles. The standard InChI is InChI=1S/C12H22N2O2/c1-12(13,8-2-3-8)11(16)14-9-4-6-10(15)7-5-9/h8-10,15H,2-7,13H2,1H3,(H,14,16). The van der Waals surface area contributed by atoms with E-state index in [4.69, 9.17) is 5.73 Å². The van der Waals surface area contributed by atoms with Crippen LogP contribution in [0.25, 0.3) is 0 Å². The molecule has 1 unspecified atom stereocenters. The third-order valence-corrected chi connectivity index (χ3v) is 3.95. The summed E-state index contributed by atoms with van der Waals surface area (Å²) in [6.45, 7) is 1.83. The zero-order chi connectivity index (χ0) is 11.8. The summed E-state index contributed by atoms with van der Waals surface area (Å²) in [6, 6.07) is 0.206. The van der Waals surface area contributed by atoms with Crippen molar-refractivity contribution in [2.75, 3.05) is 0 Å². The van der Waals surface area contributed by atoms with Crippen LogP contribution in [0.3, 0.4) is 0 Å². The minimum Gasteiger partial charge on any atom is -0.393 e. The van der Waals surface area contributed by atoms with Crippen LogP contribution in [0.2, 0.25) is 0 Å². The zero-order valence-electron chi connectivity index (χ0n) is 9.91. The molecule has 92 valence electrons. The van der Waals surface area contributed by atoms with Crippen LogP contribution in [-0.2, 0) is 4.79 Å². The van der Waals surface area contributed by atoms with Gasteiger partial charge in [-0.1, -0.05) is 0 Å². The van der Waals surface area contributed by atoms with E-state index in [2.05, 4.69) is 5.32 Å². The highest BCUT2D eigenvalue weighted by molar-refractivity contribution is 5.86. The maximum atomic E-state index is 12.0. The number of carbonyl (C=O) groups excluding carboxylic acids is 1. The Bertz CT molecular complexity index is 266. The lowest BCUT2D eigenvalue weighted by molar-refractivity contribution is -0.127. The Morgan fingerprint density at radius 1 is 1.25 bits per heavy atom. The zero-order valence-corrected chi connectivity index (χ0v) is 9.91. The monoisotopic (exact) mass is 226 g/mol. The second-order valence-electron chi connectivity index (χ2n) is 5.54. The van der Waals surface area contributed by atoms with Crippen LogP contribution in [0.15, 0.2) is 0 Å². The fraction of sp³-hybridized carbons (Fsp3) is 0.917. The molecule has 0 bridgehead atoms. The lowest BCUT2D eigenvalue weighted by Gasteiger charge is -2.30. The average Bonchev–Trinajstić information content (AvgIpc) is 3.05. The van der Waals surface area contributed by atoms with Crippen LogP contribution in [0.4, 0.5) is 0 Å². The van der Waals surface area contributed by atoms with Crippen molar-refractivity contribution in [1.82, 2.24) is 5.32 Å². The molecule has 1 atom stereocenters. The highest BCUT2D eigenvalue weighted by Crippen LogP contribution is 2.38. The Kier molecular flexibility index (Phi) is 3.22. The van der Waals surface area contributed by atoms with Gasteiger partial charge in [0.1, 0.15) is 0 Å². The molecule has 0 radical (unpaired) electrons. The second kappa shape index (κ2) is 4.34. The smallest absolute Gasteiger partial charge is 0.240 e. The summed E-state index contributed by atoms with van der Waals surface area (Å²) in [5.41, 5.74) is 5.35. The summed E-state index contributed by atoms with van der Waals surface area (Å²) in [5.74, 6) is 0.345. The average molecular weight is 226 g/mol. The van der Waals surface area contributed by atoms with E-state index >= 15 is 0 Å². The first-order valence-corrected chi connectivity index (χ1v) is 6.28. The molecule has 16 heavy (non-hydrogen) atoms. The van der Waals surface area contributed by atoms with Gasteiger partial charge in [0.2, 0.25) is 5.91 Å². The summed E-state index contributed by atoms with van der Waals surface area (Å²) in [6.07, 6.45) is 5.28. The number of rotatable bonds is 3. The lowest BCUT2D eigenvalue weighted by atomic mass is 9.91. The normalized spacial score (nSPS) is 34.2. The van der Waals surface area contributed by atoms with Crippen LogP contribution in [0.5, 0.6) is 0 Å². The van der Waals surface area contributed by atoms with Gasteiger partial charge in [-0.25, -0.2) is 0 Å². The lowest BCUT2D eigenvalue weighted by Crippen LogP contribution is -2.56. The first-order valence-electron chi connectivity index (χ1n) is 6.28. The molecule has 2 fully saturated rings. The van der Waals surface area contributed by atoms with Gasteiger partial charge >= 0.3 is 0 Å². The molecule has 4 N–H and O–H groups in total. The van der Waals surface area contributed by atoms with E-state index in [0.717, 1.165) is 38.5 Å². The molecule has 1 amide bonds. The molecule has 0 heterocycles. The van der Waals surface area contributed by atoms with Gasteiger partial charge in [-0.2, -0.15) is 0 Å². The summed E-state index contributed by atoms with van der Waals surface area (Å²) in [7, 11) is 0. The molecular weight excluding hydrogens is 204 g/mol. The molecule has 2 saturated carbocycles. The number of aliphatic hydroxyl groups is 1. The van der Waals surface area contributed by atoms with Crippen molar-refractivity contribution in [3.63, 3.8) is 0 Å². The highest BCUT2D eigenvalue weighted by Gasteiger charge is 2.44. The number of hydrogen-bond acceptors (Lipinski definition) is 3. The van der Waals surface area contributed by atoms with Crippen molar-refractivity contribution in [2.45, 2.75) is 63.1 Å². The van der Waals surface area contributed by atoms with E-state index in [0.29, 0.717) is 5.92 Å². The van der Waals surface area contributed by atoms with Crippen molar-refractivity contribution in [3.8, 4) is 0 Å². The Morgan fingerprint density at radius 2 is 1.81 bits per heavy atom. The van der Waals surface area contributed by atoms with Crippen LogP contribution < -0.4 is 11.1 Å². The van der Waals surface area contributed by atoms with Crippen molar-refractivity contribution < 1.29 is 9.90 Å². The molecule has 0 aromatic heterocycles. The number of nitrogens with two attached hydrogens (primary N) is 1. The molecule has 2 rings (SSSR count). The molecule has 4 nitrogen and oxygen atoms in total. The van der Waals surface area contributed by atoms with Gasteiger partial charge in [-0.3, -0.25) is 4.79 Å². The molecule has 0 aromatic rings. The topological polar surface area (TPSA) is 75.4 Å². The van der Waals surface area contributed by atoms with Gasteiger partial charge in [0.15, 0.2) is 0 Å². The van der Waals surface area contributed by atoms with Crippen molar-refractivity contribution in [3.05, 3.63) is 0 Å². The van der Waals surface area contributed by atoms with Crippen LogP contribution >= 0.6 is 0 Å². The maximum Gasteiger partial charge on any atom is 0.240 e. The minimum absolute atomic E-state index is 0.0172. The Hall–Kier alpha value is -0.610. The van der Waals surface area contributed by atoms with E-state index in [1.807, 2.05) is 6.92 Å². The second-order valence-corrected chi connectivity index (χ2v) is 5.54. The van der Waals surface area contributed by atoms with Crippen LogP contribution in [0, 0.1) is 5.92 Å². The summed E-state index contributed by atoms with van der Waals surface area (Å²) in [4.78, 5) is 12.0. The van der Waals surface area contributed by atoms with E-state index in [1.54, 1.807) is 0 Å². The SMILES string of the molecule is CC(N)(C(=O)NC1CCC(O)CC1)C1CC1. The summed E-state index contributed by atoms with van der Waals surface area (Å²) < 4.78 is 0. The quantitative estimate of drug-likeness (QED) is 0.657. The first kappa shape index (κ1) is 11.9. The molecule has 0 aliphatic heterocycles. The van der Waals surface area contributed by atoms with Crippen LogP contribution in [-0.4, -0.2) is 28.7 Å². The Morgan fingerprint density at radius 3 is 2.31 bits per heavy atom. The number of hydrogen-bond donors (Lipinski definition) is 3. The minimum atomic E-state index is -0.698. The van der Waals surface area contributed by atoms with Crippen LogP contribution in [0.1, 0.15) is 45.4 Å². The van der Waals surface area contributed by atoms with Gasteiger partial charge in [-0.15, -0.1) is 0 Å². The summed E-state index contributed by atoms with van der Waals surface area (Å²) in [5, 5.41) is 12.4. The van der Waals surface area contributed by atoms with Crippen molar-refractivity contribution in [2.24, 2.45) is 11.7 Å².